The Balaban J connectivity index is 2.11. The molecule has 98 valence electrons. The van der Waals surface area contributed by atoms with E-state index in [1.165, 1.54) is 6.07 Å². The molecular formula is C13H14N4O2. The van der Waals surface area contributed by atoms with Gasteiger partial charge in [-0.1, -0.05) is 0 Å². The number of aromatic carboxylic acids is 1. The largest absolute Gasteiger partial charge is 0.477 e. The highest BCUT2D eigenvalue weighted by molar-refractivity contribution is 5.85. The van der Waals surface area contributed by atoms with E-state index in [1.807, 2.05) is 4.57 Å². The predicted octanol–water partition coefficient (Wildman–Crippen LogP) is 1.55. The molecule has 3 rings (SSSR count). The minimum absolute atomic E-state index is 0.0146. The van der Waals surface area contributed by atoms with Gasteiger partial charge in [0.15, 0.2) is 5.69 Å². The maximum absolute atomic E-state index is 11.0. The smallest absolute Gasteiger partial charge is 0.354 e. The zero-order chi connectivity index (χ0) is 13.4. The molecule has 0 saturated carbocycles. The molecule has 2 aromatic rings. The lowest BCUT2D eigenvalue weighted by molar-refractivity contribution is 0.0690. The number of imidazole rings is 1. The summed E-state index contributed by atoms with van der Waals surface area (Å²) in [5.41, 5.74) is 2.84. The van der Waals surface area contributed by atoms with Crippen LogP contribution in [0.3, 0.4) is 0 Å². The van der Waals surface area contributed by atoms with Gasteiger partial charge in [-0.25, -0.2) is 19.7 Å². The number of aromatic nitrogens is 4. The van der Waals surface area contributed by atoms with Crippen LogP contribution < -0.4 is 0 Å². The highest BCUT2D eigenvalue weighted by Gasteiger charge is 2.18. The van der Waals surface area contributed by atoms with E-state index in [9.17, 15) is 4.79 Å². The van der Waals surface area contributed by atoms with E-state index in [-0.39, 0.29) is 5.69 Å². The molecule has 2 heterocycles. The van der Waals surface area contributed by atoms with Crippen molar-refractivity contribution < 1.29 is 9.90 Å². The average molecular weight is 258 g/mol. The summed E-state index contributed by atoms with van der Waals surface area (Å²) in [5, 5.41) is 9.05. The minimum atomic E-state index is -1.04. The van der Waals surface area contributed by atoms with Crippen molar-refractivity contribution in [1.29, 1.82) is 0 Å². The summed E-state index contributed by atoms with van der Waals surface area (Å²) in [6, 6.07) is 1.47. The van der Waals surface area contributed by atoms with E-state index in [1.54, 1.807) is 13.3 Å². The Morgan fingerprint density at radius 3 is 2.89 bits per heavy atom. The summed E-state index contributed by atoms with van der Waals surface area (Å²) in [6.45, 7) is 1.76. The van der Waals surface area contributed by atoms with Crippen LogP contribution in [0.4, 0.5) is 0 Å². The number of fused-ring (bicyclic) bond motifs is 1. The molecule has 0 bridgehead atoms. The number of carbonyl (C=O) groups is 1. The number of hydrogen-bond donors (Lipinski definition) is 1. The van der Waals surface area contributed by atoms with Gasteiger partial charge < -0.3 is 5.11 Å². The third-order valence-corrected chi connectivity index (χ3v) is 3.31. The van der Waals surface area contributed by atoms with Crippen LogP contribution in [0.2, 0.25) is 0 Å². The van der Waals surface area contributed by atoms with Gasteiger partial charge in [-0.15, -0.1) is 0 Å². The molecule has 1 aliphatic carbocycles. The lowest BCUT2D eigenvalue weighted by Crippen LogP contribution is -2.12. The zero-order valence-corrected chi connectivity index (χ0v) is 10.6. The summed E-state index contributed by atoms with van der Waals surface area (Å²) in [4.78, 5) is 23.8. The molecule has 1 N–H and O–H groups in total. The van der Waals surface area contributed by atoms with Crippen molar-refractivity contribution in [1.82, 2.24) is 19.5 Å². The normalized spacial score (nSPS) is 14.2. The Morgan fingerprint density at radius 2 is 2.11 bits per heavy atom. The summed E-state index contributed by atoms with van der Waals surface area (Å²) in [5.74, 6) is -0.645. The molecule has 6 heteroatoms. The quantitative estimate of drug-likeness (QED) is 0.883. The second-order valence-corrected chi connectivity index (χ2v) is 4.71. The summed E-state index contributed by atoms with van der Waals surface area (Å²) >= 11 is 0. The fourth-order valence-electron chi connectivity index (χ4n) is 2.41. The minimum Gasteiger partial charge on any atom is -0.477 e. The molecule has 0 spiro atoms. The maximum atomic E-state index is 11.0. The first kappa shape index (κ1) is 11.8. The molecule has 2 aromatic heterocycles. The Kier molecular flexibility index (Phi) is 2.77. The number of carboxylic acids is 1. The predicted molar refractivity (Wildman–Crippen MR) is 67.5 cm³/mol. The van der Waals surface area contributed by atoms with Crippen LogP contribution in [0.15, 0.2) is 12.4 Å². The van der Waals surface area contributed by atoms with Crippen LogP contribution in [-0.4, -0.2) is 30.6 Å². The van der Waals surface area contributed by atoms with Crippen LogP contribution in [-0.2, 0) is 12.8 Å². The fraction of sp³-hybridized carbons (Fsp3) is 0.385. The standard InChI is InChI=1S/C13H14N4O2/c1-8-6-10(12(18)19)16-13(15-8)17-7-14-9-4-2-3-5-11(9)17/h6-7H,2-5H2,1H3,(H,18,19). The van der Waals surface area contributed by atoms with Gasteiger partial charge in [-0.05, 0) is 38.7 Å². The second-order valence-electron chi connectivity index (χ2n) is 4.71. The van der Waals surface area contributed by atoms with E-state index < -0.39 is 5.97 Å². The van der Waals surface area contributed by atoms with Gasteiger partial charge in [0.2, 0.25) is 5.95 Å². The Morgan fingerprint density at radius 1 is 1.32 bits per heavy atom. The SMILES string of the molecule is Cc1cc(C(=O)O)nc(-n2cnc3c2CCCC3)n1. The molecule has 0 aliphatic heterocycles. The number of aryl methyl sites for hydroxylation is 2. The molecule has 1 aliphatic rings. The van der Waals surface area contributed by atoms with Gasteiger partial charge in [0.05, 0.1) is 5.69 Å². The van der Waals surface area contributed by atoms with Crippen LogP contribution in [0.5, 0.6) is 0 Å². The molecule has 0 atom stereocenters. The number of rotatable bonds is 2. The number of carboxylic acid groups (broad SMARTS) is 1. The molecule has 0 amide bonds. The van der Waals surface area contributed by atoms with Crippen molar-refractivity contribution in [2.24, 2.45) is 0 Å². The van der Waals surface area contributed by atoms with Crippen molar-refractivity contribution in [2.75, 3.05) is 0 Å². The van der Waals surface area contributed by atoms with Crippen molar-refractivity contribution >= 4 is 5.97 Å². The number of nitrogens with zero attached hydrogens (tertiary/aromatic N) is 4. The first-order valence-corrected chi connectivity index (χ1v) is 6.29. The van der Waals surface area contributed by atoms with Gasteiger partial charge in [0.1, 0.15) is 6.33 Å². The molecular weight excluding hydrogens is 244 g/mol. The van der Waals surface area contributed by atoms with Crippen molar-refractivity contribution in [3.8, 4) is 5.95 Å². The summed E-state index contributed by atoms with van der Waals surface area (Å²) in [6.07, 6.45) is 5.88. The average Bonchev–Trinajstić information content (AvgIpc) is 2.81. The summed E-state index contributed by atoms with van der Waals surface area (Å²) in [7, 11) is 0. The second kappa shape index (κ2) is 4.46. The topological polar surface area (TPSA) is 80.9 Å². The van der Waals surface area contributed by atoms with E-state index in [0.29, 0.717) is 11.6 Å². The van der Waals surface area contributed by atoms with Gasteiger partial charge in [0, 0.05) is 11.4 Å². The zero-order valence-electron chi connectivity index (χ0n) is 10.6. The molecule has 0 saturated heterocycles. The Bertz CT molecular complexity index is 648. The highest BCUT2D eigenvalue weighted by atomic mass is 16.4. The molecule has 19 heavy (non-hydrogen) atoms. The van der Waals surface area contributed by atoms with E-state index in [2.05, 4.69) is 15.0 Å². The third kappa shape index (κ3) is 2.09. The molecule has 0 radical (unpaired) electrons. The third-order valence-electron chi connectivity index (χ3n) is 3.31. The molecule has 0 unspecified atom stereocenters. The molecule has 6 nitrogen and oxygen atoms in total. The van der Waals surface area contributed by atoms with Crippen molar-refractivity contribution in [2.45, 2.75) is 32.6 Å². The van der Waals surface area contributed by atoms with Crippen LogP contribution >= 0.6 is 0 Å². The number of hydrogen-bond acceptors (Lipinski definition) is 4. The van der Waals surface area contributed by atoms with Crippen molar-refractivity contribution in [3.05, 3.63) is 35.2 Å². The first-order valence-electron chi connectivity index (χ1n) is 6.29. The molecule has 0 aromatic carbocycles. The van der Waals surface area contributed by atoms with E-state index in [0.717, 1.165) is 37.1 Å². The van der Waals surface area contributed by atoms with Crippen molar-refractivity contribution in [3.63, 3.8) is 0 Å². The Hall–Kier alpha value is -2.24. The summed E-state index contributed by atoms with van der Waals surface area (Å²) < 4.78 is 1.81. The van der Waals surface area contributed by atoms with Gasteiger partial charge in [0.25, 0.3) is 0 Å². The fourth-order valence-corrected chi connectivity index (χ4v) is 2.41. The van der Waals surface area contributed by atoms with Gasteiger partial charge in [-0.3, -0.25) is 4.57 Å². The Labute approximate surface area is 110 Å². The monoisotopic (exact) mass is 258 g/mol. The highest BCUT2D eigenvalue weighted by Crippen LogP contribution is 2.21. The van der Waals surface area contributed by atoms with Crippen LogP contribution in [0.1, 0.15) is 40.4 Å². The van der Waals surface area contributed by atoms with E-state index in [4.69, 9.17) is 5.11 Å². The van der Waals surface area contributed by atoms with Crippen LogP contribution in [0, 0.1) is 6.92 Å². The van der Waals surface area contributed by atoms with Gasteiger partial charge >= 0.3 is 5.97 Å². The lowest BCUT2D eigenvalue weighted by atomic mass is 10.0. The lowest BCUT2D eigenvalue weighted by Gasteiger charge is -2.13. The first-order chi connectivity index (χ1) is 9.15. The maximum Gasteiger partial charge on any atom is 0.354 e. The molecule has 0 fully saturated rings. The van der Waals surface area contributed by atoms with Crippen LogP contribution in [0.25, 0.3) is 5.95 Å². The van der Waals surface area contributed by atoms with Gasteiger partial charge in [-0.2, -0.15) is 0 Å². The van der Waals surface area contributed by atoms with E-state index >= 15 is 0 Å².